The van der Waals surface area contributed by atoms with Crippen LogP contribution in [0.1, 0.15) is 30.9 Å². The third-order valence-corrected chi connectivity index (χ3v) is 3.15. The summed E-state index contributed by atoms with van der Waals surface area (Å²) in [6.07, 6.45) is 0. The van der Waals surface area contributed by atoms with Crippen LogP contribution in [-0.2, 0) is 5.88 Å². The van der Waals surface area contributed by atoms with Crippen LogP contribution in [0.25, 0.3) is 0 Å². The Morgan fingerprint density at radius 2 is 2.00 bits per heavy atom. The lowest BCUT2D eigenvalue weighted by Crippen LogP contribution is -1.92. The van der Waals surface area contributed by atoms with Gasteiger partial charge in [0.2, 0.25) is 0 Å². The standard InChI is InChI=1S/C10H11BrCl2/c1-6(2)10-8(11)3-7(5-12)4-9(10)13/h3-4,6H,5H2,1-2H3. The molecule has 0 N–H and O–H groups in total. The van der Waals surface area contributed by atoms with E-state index >= 15 is 0 Å². The highest BCUT2D eigenvalue weighted by Crippen LogP contribution is 2.33. The number of hydrogen-bond acceptors (Lipinski definition) is 0. The van der Waals surface area contributed by atoms with Gasteiger partial charge in [-0.05, 0) is 29.2 Å². The van der Waals surface area contributed by atoms with Gasteiger partial charge in [-0.3, -0.25) is 0 Å². The predicted molar refractivity (Wildman–Crippen MR) is 62.8 cm³/mol. The summed E-state index contributed by atoms with van der Waals surface area (Å²) < 4.78 is 1.05. The lowest BCUT2D eigenvalue weighted by atomic mass is 10.0. The number of rotatable bonds is 2. The van der Waals surface area contributed by atoms with E-state index in [9.17, 15) is 0 Å². The molecule has 0 radical (unpaired) electrons. The number of benzene rings is 1. The third kappa shape index (κ3) is 2.61. The maximum Gasteiger partial charge on any atom is 0.0474 e. The van der Waals surface area contributed by atoms with Crippen molar-refractivity contribution in [2.45, 2.75) is 25.6 Å². The predicted octanol–water partition coefficient (Wildman–Crippen LogP) is 4.96. The van der Waals surface area contributed by atoms with Gasteiger partial charge >= 0.3 is 0 Å². The molecule has 3 heteroatoms. The topological polar surface area (TPSA) is 0 Å². The Morgan fingerprint density at radius 3 is 2.38 bits per heavy atom. The van der Waals surface area contributed by atoms with Crippen LogP contribution in [0.3, 0.4) is 0 Å². The molecule has 0 saturated carbocycles. The molecule has 1 rings (SSSR count). The minimum atomic E-state index is 0.422. The Bertz CT molecular complexity index is 285. The van der Waals surface area contributed by atoms with Gasteiger partial charge in [0.15, 0.2) is 0 Å². The minimum absolute atomic E-state index is 0.422. The second-order valence-electron chi connectivity index (χ2n) is 3.26. The molecule has 0 atom stereocenters. The highest BCUT2D eigenvalue weighted by molar-refractivity contribution is 9.10. The summed E-state index contributed by atoms with van der Waals surface area (Å²) in [6, 6.07) is 3.95. The molecule has 0 amide bonds. The van der Waals surface area contributed by atoms with E-state index in [4.69, 9.17) is 23.2 Å². The Hall–Kier alpha value is 0.280. The van der Waals surface area contributed by atoms with Gasteiger partial charge in [-0.1, -0.05) is 41.4 Å². The fraction of sp³-hybridized carbons (Fsp3) is 0.400. The van der Waals surface area contributed by atoms with Crippen molar-refractivity contribution in [1.82, 2.24) is 0 Å². The van der Waals surface area contributed by atoms with E-state index in [1.165, 1.54) is 0 Å². The zero-order valence-corrected chi connectivity index (χ0v) is 10.7. The molecule has 13 heavy (non-hydrogen) atoms. The van der Waals surface area contributed by atoms with Gasteiger partial charge < -0.3 is 0 Å². The average molecular weight is 282 g/mol. The van der Waals surface area contributed by atoms with Gasteiger partial charge in [0.25, 0.3) is 0 Å². The second kappa shape index (κ2) is 4.68. The van der Waals surface area contributed by atoms with E-state index in [2.05, 4.69) is 29.8 Å². The van der Waals surface area contributed by atoms with Crippen molar-refractivity contribution >= 4 is 39.1 Å². The van der Waals surface area contributed by atoms with Gasteiger partial charge in [0, 0.05) is 15.4 Å². The van der Waals surface area contributed by atoms with Gasteiger partial charge in [-0.2, -0.15) is 0 Å². The van der Waals surface area contributed by atoms with Crippen LogP contribution in [0.2, 0.25) is 5.02 Å². The zero-order valence-electron chi connectivity index (χ0n) is 7.57. The first-order chi connectivity index (χ1) is 6.06. The van der Waals surface area contributed by atoms with Crippen molar-refractivity contribution in [2.24, 2.45) is 0 Å². The normalized spacial score (nSPS) is 10.9. The molecule has 0 unspecified atom stereocenters. The molecule has 0 aliphatic rings. The van der Waals surface area contributed by atoms with Crippen molar-refractivity contribution < 1.29 is 0 Å². The Morgan fingerprint density at radius 1 is 1.38 bits per heavy atom. The third-order valence-electron chi connectivity index (χ3n) is 1.87. The molecule has 0 saturated heterocycles. The van der Waals surface area contributed by atoms with Gasteiger partial charge in [-0.25, -0.2) is 0 Å². The van der Waals surface area contributed by atoms with E-state index in [1.807, 2.05) is 12.1 Å². The fourth-order valence-electron chi connectivity index (χ4n) is 1.27. The van der Waals surface area contributed by atoms with E-state index in [-0.39, 0.29) is 0 Å². The van der Waals surface area contributed by atoms with Crippen molar-refractivity contribution in [3.8, 4) is 0 Å². The molecule has 0 bridgehead atoms. The van der Waals surface area contributed by atoms with Crippen LogP contribution < -0.4 is 0 Å². The maximum atomic E-state index is 6.12. The first kappa shape index (κ1) is 11.4. The first-order valence-corrected chi connectivity index (χ1v) is 5.80. The fourth-order valence-corrected chi connectivity index (χ4v) is 2.96. The smallest absolute Gasteiger partial charge is 0.0474 e. The van der Waals surface area contributed by atoms with Crippen LogP contribution in [0.5, 0.6) is 0 Å². The Kier molecular flexibility index (Phi) is 4.08. The lowest BCUT2D eigenvalue weighted by molar-refractivity contribution is 0.860. The lowest BCUT2D eigenvalue weighted by Gasteiger charge is -2.12. The molecular weight excluding hydrogens is 271 g/mol. The number of alkyl halides is 1. The SMILES string of the molecule is CC(C)c1c(Cl)cc(CCl)cc1Br. The summed E-state index contributed by atoms with van der Waals surface area (Å²) in [6.45, 7) is 4.23. The zero-order chi connectivity index (χ0) is 10.0. The summed E-state index contributed by atoms with van der Waals surface area (Å²) in [7, 11) is 0. The van der Waals surface area contributed by atoms with Crippen LogP contribution in [-0.4, -0.2) is 0 Å². The second-order valence-corrected chi connectivity index (χ2v) is 4.79. The molecule has 0 aliphatic heterocycles. The highest BCUT2D eigenvalue weighted by atomic mass is 79.9. The Balaban J connectivity index is 3.23. The van der Waals surface area contributed by atoms with E-state index < -0.39 is 0 Å². The van der Waals surface area contributed by atoms with Gasteiger partial charge in [-0.15, -0.1) is 11.6 Å². The quantitative estimate of drug-likeness (QED) is 0.672. The number of hydrogen-bond donors (Lipinski definition) is 0. The van der Waals surface area contributed by atoms with Gasteiger partial charge in [0.1, 0.15) is 0 Å². The molecule has 72 valence electrons. The van der Waals surface area contributed by atoms with Crippen molar-refractivity contribution in [3.63, 3.8) is 0 Å². The van der Waals surface area contributed by atoms with Crippen LogP contribution >= 0.6 is 39.1 Å². The molecule has 1 aromatic carbocycles. The molecule has 0 aromatic heterocycles. The van der Waals surface area contributed by atoms with Crippen LogP contribution in [0, 0.1) is 0 Å². The summed E-state index contributed by atoms with van der Waals surface area (Å²) >= 11 is 15.3. The van der Waals surface area contributed by atoms with E-state index in [0.717, 1.165) is 20.6 Å². The van der Waals surface area contributed by atoms with Crippen molar-refractivity contribution in [1.29, 1.82) is 0 Å². The number of halogens is 3. The van der Waals surface area contributed by atoms with Crippen LogP contribution in [0.4, 0.5) is 0 Å². The maximum absolute atomic E-state index is 6.12. The van der Waals surface area contributed by atoms with Gasteiger partial charge in [0.05, 0.1) is 0 Å². The largest absolute Gasteiger partial charge is 0.122 e. The summed E-state index contributed by atoms with van der Waals surface area (Å²) in [5.74, 6) is 0.919. The summed E-state index contributed by atoms with van der Waals surface area (Å²) in [5, 5.41) is 0.792. The molecule has 0 aliphatic carbocycles. The molecule has 0 spiro atoms. The van der Waals surface area contributed by atoms with Crippen molar-refractivity contribution in [2.75, 3.05) is 0 Å². The first-order valence-electron chi connectivity index (χ1n) is 4.10. The van der Waals surface area contributed by atoms with Crippen molar-refractivity contribution in [3.05, 3.63) is 32.8 Å². The minimum Gasteiger partial charge on any atom is -0.122 e. The van der Waals surface area contributed by atoms with E-state index in [0.29, 0.717) is 11.8 Å². The van der Waals surface area contributed by atoms with E-state index in [1.54, 1.807) is 0 Å². The van der Waals surface area contributed by atoms with Crippen LogP contribution in [0.15, 0.2) is 16.6 Å². The highest BCUT2D eigenvalue weighted by Gasteiger charge is 2.10. The molecule has 0 nitrogen and oxygen atoms in total. The molecular formula is C10H11BrCl2. The average Bonchev–Trinajstić information content (AvgIpc) is 2.02. The summed E-state index contributed by atoms with van der Waals surface area (Å²) in [5.41, 5.74) is 2.19. The summed E-state index contributed by atoms with van der Waals surface area (Å²) in [4.78, 5) is 0. The molecule has 1 aromatic rings. The molecule has 0 heterocycles. The Labute approximate surface area is 97.4 Å². The molecule has 0 fully saturated rings. The monoisotopic (exact) mass is 280 g/mol.